The van der Waals surface area contributed by atoms with E-state index < -0.39 is 0 Å². The Bertz CT molecular complexity index is 553. The van der Waals surface area contributed by atoms with Crippen LogP contribution in [0.2, 0.25) is 0 Å². The normalized spacial score (nSPS) is 10.4. The molecule has 0 aliphatic heterocycles. The zero-order valence-corrected chi connectivity index (χ0v) is 12.4. The van der Waals surface area contributed by atoms with Gasteiger partial charge in [-0.05, 0) is 68.9 Å². The molecule has 2 aromatic rings. The van der Waals surface area contributed by atoms with Gasteiger partial charge in [-0.15, -0.1) is 11.3 Å². The van der Waals surface area contributed by atoms with Gasteiger partial charge in [-0.2, -0.15) is 0 Å². The minimum atomic E-state index is -0.326. The summed E-state index contributed by atoms with van der Waals surface area (Å²) in [4.78, 5) is 12.7. The molecule has 1 aromatic carbocycles. The summed E-state index contributed by atoms with van der Waals surface area (Å²) in [6.07, 6.45) is 0. The van der Waals surface area contributed by atoms with Gasteiger partial charge >= 0.3 is 0 Å². The van der Waals surface area contributed by atoms with Crippen molar-refractivity contribution in [1.29, 1.82) is 0 Å². The van der Waals surface area contributed by atoms with E-state index in [0.717, 1.165) is 3.79 Å². The van der Waals surface area contributed by atoms with Gasteiger partial charge in [0.25, 0.3) is 0 Å². The van der Waals surface area contributed by atoms with Crippen molar-refractivity contribution in [2.24, 2.45) is 0 Å². The van der Waals surface area contributed by atoms with Crippen molar-refractivity contribution in [2.75, 3.05) is 0 Å². The minimum absolute atomic E-state index is 0.0694. The highest BCUT2D eigenvalue weighted by Crippen LogP contribution is 2.26. The Balaban J connectivity index is 2.41. The molecule has 82 valence electrons. The topological polar surface area (TPSA) is 17.1 Å². The molecule has 1 nitrogen and oxygen atoms in total. The molecule has 0 spiro atoms. The SMILES string of the molecule is O=C(c1ccc(Br)s1)c1ccc(F)cc1I. The van der Waals surface area contributed by atoms with Crippen molar-refractivity contribution in [1.82, 2.24) is 0 Å². The molecule has 0 bridgehead atoms. The molecule has 2 rings (SSSR count). The van der Waals surface area contributed by atoms with Crippen LogP contribution in [0.3, 0.4) is 0 Å². The maximum absolute atomic E-state index is 12.9. The second kappa shape index (κ2) is 4.93. The molecular weight excluding hydrogens is 406 g/mol. The largest absolute Gasteiger partial charge is 0.288 e. The molecule has 0 N–H and O–H groups in total. The summed E-state index contributed by atoms with van der Waals surface area (Å²) in [6.45, 7) is 0. The summed E-state index contributed by atoms with van der Waals surface area (Å²) in [5, 5.41) is 0. The summed E-state index contributed by atoms with van der Waals surface area (Å²) < 4.78 is 14.4. The van der Waals surface area contributed by atoms with Crippen LogP contribution in [0.1, 0.15) is 15.2 Å². The molecule has 0 fully saturated rings. The lowest BCUT2D eigenvalue weighted by Gasteiger charge is -2.01. The third-order valence-corrected chi connectivity index (χ3v) is 4.49. The Morgan fingerprint density at radius 1 is 1.31 bits per heavy atom. The van der Waals surface area contributed by atoms with E-state index in [1.54, 1.807) is 6.07 Å². The van der Waals surface area contributed by atoms with Crippen molar-refractivity contribution in [3.63, 3.8) is 0 Å². The highest BCUT2D eigenvalue weighted by atomic mass is 127. The van der Waals surface area contributed by atoms with E-state index in [-0.39, 0.29) is 11.6 Å². The Hall–Kier alpha value is -0.270. The fraction of sp³-hybridized carbons (Fsp3) is 0. The Kier molecular flexibility index (Phi) is 3.76. The number of ketones is 1. The molecule has 0 saturated carbocycles. The molecule has 0 radical (unpaired) electrons. The van der Waals surface area contributed by atoms with E-state index in [2.05, 4.69) is 15.9 Å². The second-order valence-corrected chi connectivity index (χ2v) is 6.68. The average molecular weight is 411 g/mol. The highest BCUT2D eigenvalue weighted by molar-refractivity contribution is 14.1. The number of rotatable bonds is 2. The van der Waals surface area contributed by atoms with Crippen LogP contribution in [0.15, 0.2) is 34.1 Å². The molecule has 0 atom stereocenters. The first-order valence-electron chi connectivity index (χ1n) is 4.33. The lowest BCUT2D eigenvalue weighted by Crippen LogP contribution is -2.01. The summed E-state index contributed by atoms with van der Waals surface area (Å²) in [5.74, 6) is -0.395. The zero-order valence-electron chi connectivity index (χ0n) is 7.84. The monoisotopic (exact) mass is 410 g/mol. The van der Waals surface area contributed by atoms with Crippen LogP contribution in [0.5, 0.6) is 0 Å². The molecule has 0 saturated heterocycles. The van der Waals surface area contributed by atoms with Gasteiger partial charge in [0.2, 0.25) is 5.78 Å². The minimum Gasteiger partial charge on any atom is -0.288 e. The van der Waals surface area contributed by atoms with Crippen LogP contribution in [0, 0.1) is 9.39 Å². The van der Waals surface area contributed by atoms with E-state index >= 15 is 0 Å². The fourth-order valence-electron chi connectivity index (χ4n) is 1.24. The number of carbonyl (C=O) groups excluding carboxylic acids is 1. The van der Waals surface area contributed by atoms with Gasteiger partial charge in [-0.1, -0.05) is 0 Å². The number of hydrogen-bond acceptors (Lipinski definition) is 2. The van der Waals surface area contributed by atoms with Gasteiger partial charge in [-0.3, -0.25) is 4.79 Å². The summed E-state index contributed by atoms with van der Waals surface area (Å²) >= 11 is 6.65. The average Bonchev–Trinajstić information content (AvgIpc) is 2.64. The van der Waals surface area contributed by atoms with Crippen LogP contribution in [0.25, 0.3) is 0 Å². The van der Waals surface area contributed by atoms with Gasteiger partial charge in [0, 0.05) is 9.13 Å². The first kappa shape index (κ1) is 12.2. The second-order valence-electron chi connectivity index (χ2n) is 3.06. The maximum atomic E-state index is 12.9. The van der Waals surface area contributed by atoms with Crippen LogP contribution in [-0.4, -0.2) is 5.78 Å². The van der Waals surface area contributed by atoms with E-state index in [9.17, 15) is 9.18 Å². The third kappa shape index (κ3) is 2.52. The molecule has 1 heterocycles. The van der Waals surface area contributed by atoms with Crippen LogP contribution in [0.4, 0.5) is 4.39 Å². The molecule has 0 unspecified atom stereocenters. The van der Waals surface area contributed by atoms with Crippen molar-refractivity contribution >= 4 is 55.6 Å². The standard InChI is InChI=1S/C11H5BrFIOS/c12-10-4-3-9(16-10)11(15)7-2-1-6(13)5-8(7)14/h1-5H. The Labute approximate surface area is 118 Å². The van der Waals surface area contributed by atoms with Crippen molar-refractivity contribution in [3.8, 4) is 0 Å². The summed E-state index contributed by atoms with van der Waals surface area (Å²) in [5.41, 5.74) is 0.538. The number of hydrogen-bond donors (Lipinski definition) is 0. The van der Waals surface area contributed by atoms with E-state index in [1.165, 1.54) is 29.5 Å². The predicted molar refractivity (Wildman–Crippen MR) is 74.6 cm³/mol. The molecule has 16 heavy (non-hydrogen) atoms. The molecule has 0 aliphatic rings. The van der Waals surface area contributed by atoms with Gasteiger partial charge in [0.1, 0.15) is 5.82 Å². The summed E-state index contributed by atoms with van der Waals surface area (Å²) in [6, 6.07) is 7.77. The van der Waals surface area contributed by atoms with E-state index in [1.807, 2.05) is 28.7 Å². The molecule has 0 amide bonds. The Morgan fingerprint density at radius 3 is 2.62 bits per heavy atom. The maximum Gasteiger partial charge on any atom is 0.204 e. The first-order valence-corrected chi connectivity index (χ1v) is 7.02. The predicted octanol–water partition coefficient (Wildman–Crippen LogP) is 4.49. The lowest BCUT2D eigenvalue weighted by molar-refractivity contribution is 0.104. The number of thiophene rings is 1. The molecule has 1 aromatic heterocycles. The molecule has 5 heteroatoms. The van der Waals surface area contributed by atoms with Crippen molar-refractivity contribution in [2.45, 2.75) is 0 Å². The van der Waals surface area contributed by atoms with Gasteiger partial charge in [-0.25, -0.2) is 4.39 Å². The Morgan fingerprint density at radius 2 is 2.06 bits per heavy atom. The summed E-state index contributed by atoms with van der Waals surface area (Å²) in [7, 11) is 0. The number of carbonyl (C=O) groups is 1. The van der Waals surface area contributed by atoms with Crippen LogP contribution >= 0.6 is 49.9 Å². The smallest absolute Gasteiger partial charge is 0.204 e. The van der Waals surface area contributed by atoms with Crippen LogP contribution in [-0.2, 0) is 0 Å². The zero-order chi connectivity index (χ0) is 11.7. The molecular formula is C11H5BrFIOS. The van der Waals surface area contributed by atoms with Crippen molar-refractivity contribution < 1.29 is 9.18 Å². The van der Waals surface area contributed by atoms with E-state index in [0.29, 0.717) is 14.0 Å². The third-order valence-electron chi connectivity index (χ3n) is 1.97. The number of halogens is 3. The van der Waals surface area contributed by atoms with Gasteiger partial charge in [0.05, 0.1) is 8.66 Å². The molecule has 0 aliphatic carbocycles. The van der Waals surface area contributed by atoms with Gasteiger partial charge in [0.15, 0.2) is 0 Å². The highest BCUT2D eigenvalue weighted by Gasteiger charge is 2.14. The fourth-order valence-corrected chi connectivity index (χ4v) is 3.31. The lowest BCUT2D eigenvalue weighted by atomic mass is 10.1. The first-order chi connectivity index (χ1) is 7.58. The van der Waals surface area contributed by atoms with Crippen molar-refractivity contribution in [3.05, 3.63) is 53.9 Å². The number of benzene rings is 1. The quantitative estimate of drug-likeness (QED) is 0.526. The van der Waals surface area contributed by atoms with Crippen LogP contribution < -0.4 is 0 Å². The van der Waals surface area contributed by atoms with Gasteiger partial charge < -0.3 is 0 Å². The van der Waals surface area contributed by atoms with E-state index in [4.69, 9.17) is 0 Å².